The third kappa shape index (κ3) is 3.46. The molecule has 4 aromatic rings. The lowest BCUT2D eigenvalue weighted by molar-refractivity contribution is 0.356. The Morgan fingerprint density at radius 2 is 2.06 bits per heavy atom. The van der Waals surface area contributed by atoms with Crippen LogP contribution in [-0.4, -0.2) is 45.8 Å². The second-order valence-corrected chi connectivity index (χ2v) is 9.09. The number of aromatic nitrogens is 5. The van der Waals surface area contributed by atoms with Crippen LogP contribution < -0.4 is 10.1 Å². The number of nitrogens with one attached hydrogen (secondary N) is 1. The van der Waals surface area contributed by atoms with Crippen molar-refractivity contribution in [3.8, 4) is 16.9 Å². The molecular formula is C20H17FN6O3S. The Kier molecular flexibility index (Phi) is 4.54. The van der Waals surface area contributed by atoms with Gasteiger partial charge in [-0.2, -0.15) is 0 Å². The quantitative estimate of drug-likeness (QED) is 0.503. The number of sulfone groups is 1. The van der Waals surface area contributed by atoms with Crippen LogP contribution in [0.5, 0.6) is 5.75 Å². The Morgan fingerprint density at radius 1 is 1.19 bits per heavy atom. The summed E-state index contributed by atoms with van der Waals surface area (Å²) >= 11 is 0. The molecule has 0 aliphatic carbocycles. The lowest BCUT2D eigenvalue weighted by atomic mass is 10.0. The molecule has 5 rings (SSSR count). The van der Waals surface area contributed by atoms with E-state index in [0.717, 1.165) is 11.8 Å². The fourth-order valence-electron chi connectivity index (χ4n) is 3.59. The molecular weight excluding hydrogens is 423 g/mol. The molecule has 4 heterocycles. The van der Waals surface area contributed by atoms with Crippen LogP contribution in [0.3, 0.4) is 0 Å². The molecule has 0 amide bonds. The van der Waals surface area contributed by atoms with Gasteiger partial charge in [0.05, 0.1) is 6.61 Å². The van der Waals surface area contributed by atoms with Gasteiger partial charge < -0.3 is 10.1 Å². The summed E-state index contributed by atoms with van der Waals surface area (Å²) in [5, 5.41) is 11.2. The second-order valence-electron chi connectivity index (χ2n) is 7.13. The highest BCUT2D eigenvalue weighted by Crippen LogP contribution is 2.31. The Balaban J connectivity index is 1.47. The van der Waals surface area contributed by atoms with Crippen LogP contribution in [0.15, 0.2) is 48.0 Å². The molecule has 1 N–H and O–H groups in total. The van der Waals surface area contributed by atoms with E-state index in [1.165, 1.54) is 24.7 Å². The van der Waals surface area contributed by atoms with E-state index in [4.69, 9.17) is 4.74 Å². The third-order valence-corrected chi connectivity index (χ3v) is 6.13. The summed E-state index contributed by atoms with van der Waals surface area (Å²) in [4.78, 5) is 8.45. The number of anilines is 1. The van der Waals surface area contributed by atoms with Gasteiger partial charge in [-0.15, -0.1) is 10.2 Å². The summed E-state index contributed by atoms with van der Waals surface area (Å²) < 4.78 is 44.8. The van der Waals surface area contributed by atoms with Gasteiger partial charge >= 0.3 is 0 Å². The van der Waals surface area contributed by atoms with E-state index in [2.05, 4.69) is 25.5 Å². The van der Waals surface area contributed by atoms with Crippen LogP contribution in [0, 0.1) is 5.82 Å². The van der Waals surface area contributed by atoms with Gasteiger partial charge in [0.1, 0.15) is 17.9 Å². The first-order valence-corrected chi connectivity index (χ1v) is 11.3. The maximum Gasteiger partial charge on any atom is 0.210 e. The van der Waals surface area contributed by atoms with Crippen LogP contribution in [0.25, 0.3) is 16.8 Å². The minimum Gasteiger partial charge on any atom is -0.493 e. The molecule has 0 bridgehead atoms. The Hall–Kier alpha value is -3.60. The molecule has 31 heavy (non-hydrogen) atoms. The number of hydrogen-bond acceptors (Lipinski definition) is 8. The van der Waals surface area contributed by atoms with Gasteiger partial charge in [0.15, 0.2) is 20.5 Å². The topological polar surface area (TPSA) is 111 Å². The van der Waals surface area contributed by atoms with Crippen molar-refractivity contribution in [3.63, 3.8) is 0 Å². The number of pyridine rings is 1. The van der Waals surface area contributed by atoms with Gasteiger partial charge in [-0.3, -0.25) is 4.40 Å². The van der Waals surface area contributed by atoms with Crippen molar-refractivity contribution in [2.24, 2.45) is 0 Å². The molecule has 0 atom stereocenters. The van der Waals surface area contributed by atoms with Crippen LogP contribution in [-0.2, 0) is 22.8 Å². The second kappa shape index (κ2) is 7.27. The van der Waals surface area contributed by atoms with Crippen molar-refractivity contribution in [1.82, 2.24) is 24.6 Å². The summed E-state index contributed by atoms with van der Waals surface area (Å²) in [6.07, 6.45) is 6.32. The van der Waals surface area contributed by atoms with Crippen molar-refractivity contribution >= 4 is 21.4 Å². The minimum absolute atomic E-state index is 0.0126. The Labute approximate surface area is 176 Å². The molecule has 0 saturated heterocycles. The van der Waals surface area contributed by atoms with Crippen molar-refractivity contribution in [3.05, 3.63) is 59.9 Å². The third-order valence-electron chi connectivity index (χ3n) is 5.12. The van der Waals surface area contributed by atoms with E-state index in [9.17, 15) is 12.8 Å². The van der Waals surface area contributed by atoms with E-state index in [1.807, 2.05) is 0 Å². The number of halogens is 1. The van der Waals surface area contributed by atoms with E-state index in [-0.39, 0.29) is 17.4 Å². The average molecular weight is 440 g/mol. The number of hydrogen-bond donors (Lipinski definition) is 1. The summed E-state index contributed by atoms with van der Waals surface area (Å²) in [6.45, 7) is 0.767. The number of ether oxygens (including phenoxy) is 1. The standard InChI is InChI=1S/C20H17FN6O3S/c1-31(28,29)18-5-2-12(8-22-18)14-9-23-20(27-11-25-26-19(14)27)24-10-15-13-6-7-30-17(13)4-3-16(15)21/h2-5,8-9,11H,6-7,10H2,1H3,(H,23,24). The molecule has 0 fully saturated rings. The van der Waals surface area contributed by atoms with Gasteiger partial charge in [0.25, 0.3) is 0 Å². The van der Waals surface area contributed by atoms with E-state index >= 15 is 0 Å². The van der Waals surface area contributed by atoms with Crippen molar-refractivity contribution in [1.29, 1.82) is 0 Å². The van der Waals surface area contributed by atoms with Crippen molar-refractivity contribution in [2.45, 2.75) is 18.0 Å². The number of rotatable bonds is 5. The fraction of sp³-hybridized carbons (Fsp3) is 0.200. The average Bonchev–Trinajstić information content (AvgIpc) is 3.42. The molecule has 3 aromatic heterocycles. The van der Waals surface area contributed by atoms with Gasteiger partial charge in [0, 0.05) is 53.9 Å². The molecule has 1 aromatic carbocycles. The molecule has 9 nitrogen and oxygen atoms in total. The van der Waals surface area contributed by atoms with Crippen molar-refractivity contribution < 1.29 is 17.5 Å². The van der Waals surface area contributed by atoms with Crippen LogP contribution >= 0.6 is 0 Å². The first-order valence-electron chi connectivity index (χ1n) is 9.44. The Bertz CT molecular complexity index is 1400. The zero-order valence-corrected chi connectivity index (χ0v) is 17.2. The molecule has 158 valence electrons. The number of fused-ring (bicyclic) bond motifs is 2. The number of nitrogens with zero attached hydrogens (tertiary/aromatic N) is 5. The fourth-order valence-corrected chi connectivity index (χ4v) is 4.15. The van der Waals surface area contributed by atoms with E-state index < -0.39 is 9.84 Å². The summed E-state index contributed by atoms with van der Waals surface area (Å²) in [5.74, 6) is 0.854. The van der Waals surface area contributed by atoms with Crippen LogP contribution in [0.4, 0.5) is 10.3 Å². The van der Waals surface area contributed by atoms with Crippen LogP contribution in [0.1, 0.15) is 11.1 Å². The molecule has 0 radical (unpaired) electrons. The van der Waals surface area contributed by atoms with Gasteiger partial charge in [-0.25, -0.2) is 22.8 Å². The molecule has 0 spiro atoms. The number of benzene rings is 1. The predicted molar refractivity (Wildman–Crippen MR) is 110 cm³/mol. The monoisotopic (exact) mass is 440 g/mol. The lowest BCUT2D eigenvalue weighted by Crippen LogP contribution is -2.09. The molecule has 1 aliphatic rings. The summed E-state index contributed by atoms with van der Waals surface area (Å²) in [7, 11) is -3.39. The van der Waals surface area contributed by atoms with Gasteiger partial charge in [-0.05, 0) is 24.3 Å². The SMILES string of the molecule is CS(=O)(=O)c1ccc(-c2cnc(NCc3c(F)ccc4c3CCO4)n3cnnc23)cn1. The normalized spacial score (nSPS) is 13.2. The summed E-state index contributed by atoms with van der Waals surface area (Å²) in [5.41, 5.74) is 3.20. The van der Waals surface area contributed by atoms with E-state index in [1.54, 1.807) is 22.7 Å². The minimum atomic E-state index is -3.39. The van der Waals surface area contributed by atoms with Crippen molar-refractivity contribution in [2.75, 3.05) is 18.2 Å². The molecule has 1 aliphatic heterocycles. The largest absolute Gasteiger partial charge is 0.493 e. The zero-order chi connectivity index (χ0) is 21.6. The molecule has 0 unspecified atom stereocenters. The highest BCUT2D eigenvalue weighted by atomic mass is 32.2. The first kappa shape index (κ1) is 19.4. The van der Waals surface area contributed by atoms with Gasteiger partial charge in [0.2, 0.25) is 5.95 Å². The Morgan fingerprint density at radius 3 is 2.84 bits per heavy atom. The van der Waals surface area contributed by atoms with E-state index in [0.29, 0.717) is 47.1 Å². The first-order chi connectivity index (χ1) is 14.9. The maximum atomic E-state index is 14.4. The zero-order valence-electron chi connectivity index (χ0n) is 16.4. The highest BCUT2D eigenvalue weighted by molar-refractivity contribution is 7.90. The maximum absolute atomic E-state index is 14.4. The summed E-state index contributed by atoms with van der Waals surface area (Å²) in [6, 6.07) is 6.13. The smallest absolute Gasteiger partial charge is 0.210 e. The van der Waals surface area contributed by atoms with Gasteiger partial charge in [-0.1, -0.05) is 0 Å². The molecule has 11 heteroatoms. The van der Waals surface area contributed by atoms with Crippen LogP contribution in [0.2, 0.25) is 0 Å². The predicted octanol–water partition coefficient (Wildman–Crippen LogP) is 2.28. The molecule has 0 saturated carbocycles. The lowest BCUT2D eigenvalue weighted by Gasteiger charge is -2.12. The highest BCUT2D eigenvalue weighted by Gasteiger charge is 2.20.